The van der Waals surface area contributed by atoms with Crippen LogP contribution in [0, 0.1) is 0 Å². The van der Waals surface area contributed by atoms with E-state index in [-0.39, 0.29) is 53.7 Å². The molecule has 0 aliphatic carbocycles. The van der Waals surface area contributed by atoms with Crippen molar-refractivity contribution in [3.8, 4) is 0 Å². The molecule has 1 amide bonds. The van der Waals surface area contributed by atoms with Gasteiger partial charge < -0.3 is 5.32 Å². The van der Waals surface area contributed by atoms with Crippen LogP contribution in [0.5, 0.6) is 0 Å². The van der Waals surface area contributed by atoms with Crippen LogP contribution in [0.1, 0.15) is 13.3 Å². The maximum absolute atomic E-state index is 10.7. The van der Waals surface area contributed by atoms with Gasteiger partial charge in [0.15, 0.2) is 0 Å². The van der Waals surface area contributed by atoms with Crippen LogP contribution in [0.2, 0.25) is 0 Å². The molecule has 0 saturated heterocycles. The van der Waals surface area contributed by atoms with Crippen molar-refractivity contribution >= 4 is 45.6 Å². The average Bonchev–Trinajstić information content (AvgIpc) is 1.99. The first-order chi connectivity index (χ1) is 5.85. The molecular weight excluding hydrogens is 217 g/mol. The second kappa shape index (κ2) is 7.42. The van der Waals surface area contributed by atoms with Crippen molar-refractivity contribution in [3.05, 3.63) is 12.7 Å². The van der Waals surface area contributed by atoms with Crippen molar-refractivity contribution in [2.45, 2.75) is 19.4 Å². The van der Waals surface area contributed by atoms with E-state index >= 15 is 0 Å². The summed E-state index contributed by atoms with van der Waals surface area (Å²) in [7, 11) is -3.94. The summed E-state index contributed by atoms with van der Waals surface area (Å²) in [5, 5.41) is 2.47. The van der Waals surface area contributed by atoms with Crippen LogP contribution in [0.25, 0.3) is 0 Å². The third-order valence-corrected chi connectivity index (χ3v) is 2.13. The van der Waals surface area contributed by atoms with Crippen molar-refractivity contribution in [2.24, 2.45) is 0 Å². The van der Waals surface area contributed by atoms with Gasteiger partial charge in [-0.05, 0) is 19.4 Å². The predicted molar refractivity (Wildman–Crippen MR) is 56.0 cm³/mol. The summed E-state index contributed by atoms with van der Waals surface area (Å²) in [6.45, 7) is 4.89. The fraction of sp³-hybridized carbons (Fsp3) is 0.571. The molecule has 2 N–H and O–H groups in total. The summed E-state index contributed by atoms with van der Waals surface area (Å²) in [6, 6.07) is -0.299. The van der Waals surface area contributed by atoms with Crippen molar-refractivity contribution in [1.29, 1.82) is 0 Å². The van der Waals surface area contributed by atoms with Gasteiger partial charge in [-0.3, -0.25) is 9.35 Å². The zero-order chi connectivity index (χ0) is 10.5. The Morgan fingerprint density at radius 1 is 1.64 bits per heavy atom. The van der Waals surface area contributed by atoms with E-state index in [1.165, 1.54) is 0 Å². The minimum atomic E-state index is -3.94. The standard InChI is InChI=1S/C7H13NO4S.Na.H/c1-3-7(9)8-6(2)4-5-13(10,11)12;;/h3,6H,1,4-5H2,2H3,(H,8,9)(H,10,11,12);;. The summed E-state index contributed by atoms with van der Waals surface area (Å²) in [4.78, 5) is 10.7. The summed E-state index contributed by atoms with van der Waals surface area (Å²) in [5.41, 5.74) is 0. The molecule has 0 aromatic heterocycles. The second-order valence-corrected chi connectivity index (χ2v) is 4.26. The molecule has 0 bridgehead atoms. The number of amides is 1. The van der Waals surface area contributed by atoms with Gasteiger partial charge in [-0.2, -0.15) is 8.42 Å². The van der Waals surface area contributed by atoms with E-state index in [1.807, 2.05) is 0 Å². The number of hydrogen-bond donors (Lipinski definition) is 2. The van der Waals surface area contributed by atoms with E-state index in [0.29, 0.717) is 0 Å². The predicted octanol–water partition coefficient (Wildman–Crippen LogP) is -0.693. The first-order valence-corrected chi connectivity index (χ1v) is 5.34. The van der Waals surface area contributed by atoms with E-state index in [4.69, 9.17) is 4.55 Å². The first-order valence-electron chi connectivity index (χ1n) is 3.73. The summed E-state index contributed by atoms with van der Waals surface area (Å²) >= 11 is 0. The second-order valence-electron chi connectivity index (χ2n) is 2.69. The Morgan fingerprint density at radius 3 is 2.50 bits per heavy atom. The van der Waals surface area contributed by atoms with E-state index in [0.717, 1.165) is 6.08 Å². The Bertz CT molecular complexity index is 288. The third kappa shape index (κ3) is 10.2. The average molecular weight is 231 g/mol. The Kier molecular flexibility index (Phi) is 8.77. The van der Waals surface area contributed by atoms with Gasteiger partial charge in [0.25, 0.3) is 10.1 Å². The van der Waals surface area contributed by atoms with Gasteiger partial charge in [0.05, 0.1) is 5.75 Å². The Hall–Kier alpha value is 0.120. The number of hydrogen-bond acceptors (Lipinski definition) is 3. The molecule has 1 unspecified atom stereocenters. The van der Waals surface area contributed by atoms with Gasteiger partial charge in [-0.1, -0.05) is 6.58 Å². The Labute approximate surface area is 106 Å². The van der Waals surface area contributed by atoms with Gasteiger partial charge in [-0.25, -0.2) is 0 Å². The van der Waals surface area contributed by atoms with E-state index < -0.39 is 10.1 Å². The molecule has 0 fully saturated rings. The van der Waals surface area contributed by atoms with Crippen molar-refractivity contribution in [3.63, 3.8) is 0 Å². The molecule has 0 aromatic carbocycles. The van der Waals surface area contributed by atoms with E-state index in [1.54, 1.807) is 6.92 Å². The molecule has 78 valence electrons. The van der Waals surface area contributed by atoms with Gasteiger partial charge in [-0.15, -0.1) is 0 Å². The zero-order valence-electron chi connectivity index (χ0n) is 7.36. The maximum atomic E-state index is 10.7. The molecule has 0 aromatic rings. The Balaban J connectivity index is 0. The summed E-state index contributed by atoms with van der Waals surface area (Å²) in [5.74, 6) is -0.714. The van der Waals surface area contributed by atoms with Crippen LogP contribution in [0.15, 0.2) is 12.7 Å². The van der Waals surface area contributed by atoms with Crippen LogP contribution in [-0.2, 0) is 14.9 Å². The third-order valence-electron chi connectivity index (χ3n) is 1.38. The quantitative estimate of drug-likeness (QED) is 0.372. The molecule has 14 heavy (non-hydrogen) atoms. The number of carbonyl (C=O) groups is 1. The molecule has 0 aliphatic rings. The summed E-state index contributed by atoms with van der Waals surface area (Å²) < 4.78 is 29.0. The van der Waals surface area contributed by atoms with Crippen LogP contribution >= 0.6 is 0 Å². The number of rotatable bonds is 5. The zero-order valence-corrected chi connectivity index (χ0v) is 8.17. The fourth-order valence-electron chi connectivity index (χ4n) is 0.700. The molecule has 5 nitrogen and oxygen atoms in total. The van der Waals surface area contributed by atoms with Gasteiger partial charge in [0.2, 0.25) is 5.91 Å². The first kappa shape index (κ1) is 16.5. The van der Waals surface area contributed by atoms with Crippen molar-refractivity contribution in [2.75, 3.05) is 5.75 Å². The summed E-state index contributed by atoms with van der Waals surface area (Å²) in [6.07, 6.45) is 1.28. The molecule has 1 atom stereocenters. The van der Waals surface area contributed by atoms with Gasteiger partial charge >= 0.3 is 29.6 Å². The number of carbonyl (C=O) groups excluding carboxylic acids is 1. The molecule has 0 heterocycles. The van der Waals surface area contributed by atoms with Gasteiger partial charge in [0.1, 0.15) is 0 Å². The topological polar surface area (TPSA) is 83.5 Å². The van der Waals surface area contributed by atoms with E-state index in [9.17, 15) is 13.2 Å². The minimum absolute atomic E-state index is 0. The normalized spacial score (nSPS) is 12.4. The van der Waals surface area contributed by atoms with Gasteiger partial charge in [0, 0.05) is 6.04 Å². The Morgan fingerprint density at radius 2 is 2.14 bits per heavy atom. The van der Waals surface area contributed by atoms with Crippen LogP contribution in [0.3, 0.4) is 0 Å². The molecule has 0 spiro atoms. The van der Waals surface area contributed by atoms with Crippen LogP contribution < -0.4 is 5.32 Å². The molecular formula is C7H14NNaO4S. The van der Waals surface area contributed by atoms with Crippen molar-refractivity contribution < 1.29 is 17.8 Å². The van der Waals surface area contributed by atoms with Crippen molar-refractivity contribution in [1.82, 2.24) is 5.32 Å². The SMILES string of the molecule is C=CC(=O)NC(C)CCS(=O)(=O)O.[NaH]. The van der Waals surface area contributed by atoms with E-state index in [2.05, 4.69) is 11.9 Å². The molecule has 7 heteroatoms. The van der Waals surface area contributed by atoms with Crippen LogP contribution in [0.4, 0.5) is 0 Å². The fourth-order valence-corrected chi connectivity index (χ4v) is 1.35. The molecule has 0 rings (SSSR count). The molecule has 0 radical (unpaired) electrons. The molecule has 0 aliphatic heterocycles. The number of nitrogens with one attached hydrogen (secondary N) is 1. The molecule has 0 saturated carbocycles. The monoisotopic (exact) mass is 231 g/mol. The van der Waals surface area contributed by atoms with Crippen LogP contribution in [-0.4, -0.2) is 60.2 Å².